The molecule has 2 rings (SSSR count). The minimum Gasteiger partial charge on any atom is -0.472 e. The highest BCUT2D eigenvalue weighted by molar-refractivity contribution is 5.91. The fourth-order valence-corrected chi connectivity index (χ4v) is 1.67. The van der Waals surface area contributed by atoms with E-state index in [-0.39, 0.29) is 5.91 Å². The number of nitrogens with two attached hydrogens (primary N) is 1. The van der Waals surface area contributed by atoms with Crippen molar-refractivity contribution in [2.24, 2.45) is 5.73 Å². The maximum absolute atomic E-state index is 12.1. The molecule has 0 saturated heterocycles. The molecule has 0 radical (unpaired) electrons. The average molecular weight is 248 g/mol. The molecule has 0 saturated carbocycles. The van der Waals surface area contributed by atoms with Crippen LogP contribution in [0.2, 0.25) is 0 Å². The Bertz CT molecular complexity index is 504. The van der Waals surface area contributed by atoms with E-state index in [0.717, 1.165) is 5.56 Å². The monoisotopic (exact) mass is 248 g/mol. The summed E-state index contributed by atoms with van der Waals surface area (Å²) in [5.41, 5.74) is 6.82. The minimum atomic E-state index is -0.119. The summed E-state index contributed by atoms with van der Waals surface area (Å²) in [5.74, 6) is -0.119. The second-order valence-electron chi connectivity index (χ2n) is 4.08. The molecule has 6 heteroatoms. The highest BCUT2D eigenvalue weighted by atomic mass is 16.3. The number of aromatic nitrogens is 2. The summed E-state index contributed by atoms with van der Waals surface area (Å²) in [6, 6.07) is 1.83. The smallest absolute Gasteiger partial charge is 0.274 e. The topological polar surface area (TPSA) is 77.3 Å². The number of imidazole rings is 1. The Morgan fingerprint density at radius 1 is 1.61 bits per heavy atom. The predicted molar refractivity (Wildman–Crippen MR) is 65.8 cm³/mol. The highest BCUT2D eigenvalue weighted by Gasteiger charge is 2.15. The van der Waals surface area contributed by atoms with Crippen LogP contribution in [0, 0.1) is 0 Å². The van der Waals surface area contributed by atoms with E-state index in [4.69, 9.17) is 10.2 Å². The van der Waals surface area contributed by atoms with Crippen molar-refractivity contribution >= 4 is 5.91 Å². The van der Waals surface area contributed by atoms with Gasteiger partial charge in [-0.3, -0.25) is 4.79 Å². The van der Waals surface area contributed by atoms with Crippen molar-refractivity contribution in [1.29, 1.82) is 0 Å². The summed E-state index contributed by atoms with van der Waals surface area (Å²) in [6.45, 7) is 1.68. The normalized spacial score (nSPS) is 10.6. The average Bonchev–Trinajstić information content (AvgIpc) is 3.00. The highest BCUT2D eigenvalue weighted by Crippen LogP contribution is 2.07. The number of furan rings is 1. The number of nitrogens with zero attached hydrogens (tertiary/aromatic N) is 3. The van der Waals surface area contributed by atoms with E-state index in [2.05, 4.69) is 4.98 Å². The van der Waals surface area contributed by atoms with Crippen molar-refractivity contribution in [3.63, 3.8) is 0 Å². The van der Waals surface area contributed by atoms with E-state index in [1.165, 1.54) is 0 Å². The van der Waals surface area contributed by atoms with Crippen LogP contribution in [0.25, 0.3) is 0 Å². The third-order valence-corrected chi connectivity index (χ3v) is 2.59. The Hall–Kier alpha value is -2.08. The van der Waals surface area contributed by atoms with Gasteiger partial charge in [-0.25, -0.2) is 4.98 Å². The summed E-state index contributed by atoms with van der Waals surface area (Å²) < 4.78 is 6.77. The standard InChI is InChI=1S/C12H16N4O2/c1-15(6-10-2-5-18-8-10)12(17)11-7-16(4-3-13)9-14-11/h2,5,7-9H,3-4,6,13H2,1H3. The van der Waals surface area contributed by atoms with Crippen LogP contribution >= 0.6 is 0 Å². The Morgan fingerprint density at radius 2 is 2.44 bits per heavy atom. The number of hydrogen-bond donors (Lipinski definition) is 1. The third-order valence-electron chi connectivity index (χ3n) is 2.59. The van der Waals surface area contributed by atoms with Crippen LogP contribution in [0.3, 0.4) is 0 Å². The molecule has 0 aliphatic carbocycles. The zero-order valence-corrected chi connectivity index (χ0v) is 10.2. The lowest BCUT2D eigenvalue weighted by Gasteiger charge is -2.14. The lowest BCUT2D eigenvalue weighted by molar-refractivity contribution is 0.0779. The largest absolute Gasteiger partial charge is 0.472 e. The van der Waals surface area contributed by atoms with Crippen molar-refractivity contribution in [2.45, 2.75) is 13.1 Å². The van der Waals surface area contributed by atoms with Gasteiger partial charge in [0, 0.05) is 38.4 Å². The van der Waals surface area contributed by atoms with Gasteiger partial charge in [-0.1, -0.05) is 0 Å². The van der Waals surface area contributed by atoms with Crippen molar-refractivity contribution in [1.82, 2.24) is 14.5 Å². The van der Waals surface area contributed by atoms with Crippen LogP contribution in [0.4, 0.5) is 0 Å². The molecule has 2 aromatic rings. The summed E-state index contributed by atoms with van der Waals surface area (Å²) in [7, 11) is 1.73. The van der Waals surface area contributed by atoms with Gasteiger partial charge >= 0.3 is 0 Å². The quantitative estimate of drug-likeness (QED) is 0.845. The maximum atomic E-state index is 12.1. The van der Waals surface area contributed by atoms with Gasteiger partial charge < -0.3 is 19.6 Å². The molecular formula is C12H16N4O2. The second-order valence-corrected chi connectivity index (χ2v) is 4.08. The number of amides is 1. The van der Waals surface area contributed by atoms with Crippen molar-refractivity contribution < 1.29 is 9.21 Å². The molecule has 1 amide bonds. The molecule has 2 N–H and O–H groups in total. The molecule has 18 heavy (non-hydrogen) atoms. The first-order valence-electron chi connectivity index (χ1n) is 5.69. The van der Waals surface area contributed by atoms with E-state index in [1.54, 1.807) is 41.6 Å². The van der Waals surface area contributed by atoms with Gasteiger partial charge in [0.05, 0.1) is 18.9 Å². The van der Waals surface area contributed by atoms with Gasteiger partial charge in [0.2, 0.25) is 0 Å². The molecule has 0 spiro atoms. The predicted octanol–water partition coefficient (Wildman–Crippen LogP) is 0.707. The lowest BCUT2D eigenvalue weighted by atomic mass is 10.3. The lowest BCUT2D eigenvalue weighted by Crippen LogP contribution is -2.26. The summed E-state index contributed by atoms with van der Waals surface area (Å²) in [4.78, 5) is 17.8. The maximum Gasteiger partial charge on any atom is 0.274 e. The fourth-order valence-electron chi connectivity index (χ4n) is 1.67. The molecule has 0 unspecified atom stereocenters. The Morgan fingerprint density at radius 3 is 3.11 bits per heavy atom. The van der Waals surface area contributed by atoms with Gasteiger partial charge in [0.15, 0.2) is 0 Å². The van der Waals surface area contributed by atoms with E-state index in [1.807, 2.05) is 6.07 Å². The molecule has 6 nitrogen and oxygen atoms in total. The van der Waals surface area contributed by atoms with E-state index < -0.39 is 0 Å². The van der Waals surface area contributed by atoms with Gasteiger partial charge in [0.1, 0.15) is 5.69 Å². The molecule has 2 aromatic heterocycles. The first-order valence-corrected chi connectivity index (χ1v) is 5.69. The molecule has 0 atom stereocenters. The van der Waals surface area contributed by atoms with Crippen LogP contribution < -0.4 is 5.73 Å². The Kier molecular flexibility index (Phi) is 3.78. The number of carbonyl (C=O) groups excluding carboxylic acids is 1. The van der Waals surface area contributed by atoms with E-state index >= 15 is 0 Å². The van der Waals surface area contributed by atoms with E-state index in [0.29, 0.717) is 25.3 Å². The second kappa shape index (κ2) is 5.50. The van der Waals surface area contributed by atoms with Gasteiger partial charge in [-0.2, -0.15) is 0 Å². The van der Waals surface area contributed by atoms with Gasteiger partial charge in [0.25, 0.3) is 5.91 Å². The van der Waals surface area contributed by atoms with Crippen molar-refractivity contribution in [3.05, 3.63) is 42.4 Å². The van der Waals surface area contributed by atoms with Crippen LogP contribution in [0.5, 0.6) is 0 Å². The van der Waals surface area contributed by atoms with Gasteiger partial charge in [-0.05, 0) is 6.07 Å². The first-order chi connectivity index (χ1) is 8.70. The number of carbonyl (C=O) groups is 1. The molecule has 0 aliphatic heterocycles. The van der Waals surface area contributed by atoms with Crippen molar-refractivity contribution in [3.8, 4) is 0 Å². The number of rotatable bonds is 5. The van der Waals surface area contributed by atoms with E-state index in [9.17, 15) is 4.79 Å². The molecule has 0 bridgehead atoms. The molecule has 2 heterocycles. The van der Waals surface area contributed by atoms with Crippen LogP contribution in [0.1, 0.15) is 16.1 Å². The van der Waals surface area contributed by atoms with Crippen LogP contribution in [-0.4, -0.2) is 34.0 Å². The Balaban J connectivity index is 2.01. The molecule has 0 aromatic carbocycles. The first kappa shape index (κ1) is 12.4. The zero-order valence-electron chi connectivity index (χ0n) is 10.2. The summed E-state index contributed by atoms with van der Waals surface area (Å²) >= 11 is 0. The van der Waals surface area contributed by atoms with Crippen LogP contribution in [-0.2, 0) is 13.1 Å². The molecule has 0 aliphatic rings. The fraction of sp³-hybridized carbons (Fsp3) is 0.333. The molecular weight excluding hydrogens is 232 g/mol. The third kappa shape index (κ3) is 2.78. The summed E-state index contributed by atoms with van der Waals surface area (Å²) in [6.07, 6.45) is 6.53. The SMILES string of the molecule is CN(Cc1ccoc1)C(=O)c1cn(CCN)cn1. The zero-order chi connectivity index (χ0) is 13.0. The minimum absolute atomic E-state index is 0.119. The number of hydrogen-bond acceptors (Lipinski definition) is 4. The van der Waals surface area contributed by atoms with Crippen molar-refractivity contribution in [2.75, 3.05) is 13.6 Å². The Labute approximate surface area is 105 Å². The molecule has 0 fully saturated rings. The van der Waals surface area contributed by atoms with Crippen LogP contribution in [0.15, 0.2) is 35.5 Å². The van der Waals surface area contributed by atoms with Gasteiger partial charge in [-0.15, -0.1) is 0 Å². The molecule has 96 valence electrons. The summed E-state index contributed by atoms with van der Waals surface area (Å²) in [5, 5.41) is 0.